The number of hydrogen-bond acceptors (Lipinski definition) is 6. The van der Waals surface area contributed by atoms with Gasteiger partial charge in [-0.1, -0.05) is 6.07 Å². The number of ether oxygens (including phenoxy) is 1. The zero-order valence-electron chi connectivity index (χ0n) is 10.1. The van der Waals surface area contributed by atoms with E-state index in [0.29, 0.717) is 16.3 Å². The minimum atomic E-state index is -0.424. The SMILES string of the molecule is CNc1cccc(SCCC(=O)OC)c1[N+](=O)[O-]. The smallest absolute Gasteiger partial charge is 0.306 e. The van der Waals surface area contributed by atoms with Crippen molar-refractivity contribution in [2.24, 2.45) is 0 Å². The van der Waals surface area contributed by atoms with E-state index in [1.807, 2.05) is 0 Å². The molecule has 0 atom stereocenters. The largest absolute Gasteiger partial charge is 0.469 e. The van der Waals surface area contributed by atoms with Gasteiger partial charge in [-0.25, -0.2) is 0 Å². The van der Waals surface area contributed by atoms with Crippen molar-refractivity contribution in [1.82, 2.24) is 0 Å². The average molecular weight is 270 g/mol. The third-order valence-electron chi connectivity index (χ3n) is 2.24. The van der Waals surface area contributed by atoms with Crippen molar-refractivity contribution >= 4 is 29.1 Å². The Labute approximate surface area is 109 Å². The number of esters is 1. The van der Waals surface area contributed by atoms with Gasteiger partial charge in [0.15, 0.2) is 0 Å². The Morgan fingerprint density at radius 3 is 2.83 bits per heavy atom. The topological polar surface area (TPSA) is 81.5 Å². The van der Waals surface area contributed by atoms with Crippen LogP contribution in [0.1, 0.15) is 6.42 Å². The summed E-state index contributed by atoms with van der Waals surface area (Å²) in [5.41, 5.74) is 0.498. The van der Waals surface area contributed by atoms with E-state index < -0.39 is 4.92 Å². The molecule has 1 aromatic carbocycles. The van der Waals surface area contributed by atoms with E-state index in [-0.39, 0.29) is 18.1 Å². The highest BCUT2D eigenvalue weighted by atomic mass is 32.2. The molecule has 0 fully saturated rings. The van der Waals surface area contributed by atoms with E-state index in [9.17, 15) is 14.9 Å². The number of nitrogens with zero attached hydrogens (tertiary/aromatic N) is 1. The number of anilines is 1. The molecule has 98 valence electrons. The first-order chi connectivity index (χ1) is 8.60. The molecule has 0 aliphatic rings. The minimum absolute atomic E-state index is 0.0369. The number of hydrogen-bond donors (Lipinski definition) is 1. The Morgan fingerprint density at radius 1 is 1.56 bits per heavy atom. The summed E-state index contributed by atoms with van der Waals surface area (Å²) in [7, 11) is 2.95. The lowest BCUT2D eigenvalue weighted by atomic mass is 10.3. The number of nitro benzene ring substituents is 1. The van der Waals surface area contributed by atoms with Crippen molar-refractivity contribution in [2.45, 2.75) is 11.3 Å². The summed E-state index contributed by atoms with van der Waals surface area (Å²) >= 11 is 1.27. The molecule has 0 unspecified atom stereocenters. The molecule has 1 aromatic rings. The first-order valence-electron chi connectivity index (χ1n) is 5.25. The van der Waals surface area contributed by atoms with Crippen LogP contribution in [0.15, 0.2) is 23.1 Å². The monoisotopic (exact) mass is 270 g/mol. The van der Waals surface area contributed by atoms with Crippen molar-refractivity contribution in [1.29, 1.82) is 0 Å². The highest BCUT2D eigenvalue weighted by Crippen LogP contribution is 2.35. The van der Waals surface area contributed by atoms with Crippen LogP contribution in [0, 0.1) is 10.1 Å². The maximum absolute atomic E-state index is 11.0. The first kappa shape index (κ1) is 14.3. The zero-order chi connectivity index (χ0) is 13.5. The molecular formula is C11H14N2O4S. The third kappa shape index (κ3) is 3.63. The minimum Gasteiger partial charge on any atom is -0.469 e. The summed E-state index contributed by atoms with van der Waals surface area (Å²) < 4.78 is 4.51. The summed E-state index contributed by atoms with van der Waals surface area (Å²) in [5, 5.41) is 13.8. The first-order valence-corrected chi connectivity index (χ1v) is 6.23. The van der Waals surface area contributed by atoms with Gasteiger partial charge in [-0.2, -0.15) is 0 Å². The molecule has 18 heavy (non-hydrogen) atoms. The van der Waals surface area contributed by atoms with E-state index in [4.69, 9.17) is 0 Å². The van der Waals surface area contributed by atoms with Crippen LogP contribution >= 0.6 is 11.8 Å². The number of methoxy groups -OCH3 is 1. The van der Waals surface area contributed by atoms with Crippen LogP contribution in [0.2, 0.25) is 0 Å². The van der Waals surface area contributed by atoms with Gasteiger partial charge in [0.25, 0.3) is 0 Å². The molecule has 1 rings (SSSR count). The number of para-hydroxylation sites is 1. The standard InChI is InChI=1S/C11H14N2O4S/c1-12-8-4-3-5-9(11(8)13(15)16)18-7-6-10(14)17-2/h3-5,12H,6-7H2,1-2H3. The van der Waals surface area contributed by atoms with Crippen LogP contribution in [0.5, 0.6) is 0 Å². The van der Waals surface area contributed by atoms with Crippen molar-refractivity contribution < 1.29 is 14.5 Å². The second-order valence-corrected chi connectivity index (χ2v) is 4.47. The predicted octanol–water partition coefficient (Wildman–Crippen LogP) is 2.29. The zero-order valence-corrected chi connectivity index (χ0v) is 11.0. The summed E-state index contributed by atoms with van der Waals surface area (Å²) in [6.07, 6.45) is 0.224. The summed E-state index contributed by atoms with van der Waals surface area (Å²) in [5.74, 6) is 0.121. The van der Waals surface area contributed by atoms with Gasteiger partial charge in [-0.05, 0) is 12.1 Å². The van der Waals surface area contributed by atoms with Gasteiger partial charge >= 0.3 is 11.7 Å². The molecule has 0 amide bonds. The van der Waals surface area contributed by atoms with Crippen molar-refractivity contribution in [2.75, 3.05) is 25.2 Å². The number of carbonyl (C=O) groups excluding carboxylic acids is 1. The quantitative estimate of drug-likeness (QED) is 0.369. The van der Waals surface area contributed by atoms with Crippen LogP contribution in [0.3, 0.4) is 0 Å². The van der Waals surface area contributed by atoms with Crippen LogP contribution in [0.4, 0.5) is 11.4 Å². The Bertz CT molecular complexity index is 451. The fourth-order valence-electron chi connectivity index (χ4n) is 1.38. The van der Waals surface area contributed by atoms with E-state index in [1.165, 1.54) is 18.9 Å². The Morgan fingerprint density at radius 2 is 2.28 bits per heavy atom. The summed E-state index contributed by atoms with van der Waals surface area (Å²) in [6.45, 7) is 0. The highest BCUT2D eigenvalue weighted by molar-refractivity contribution is 7.99. The lowest BCUT2D eigenvalue weighted by molar-refractivity contribution is -0.386. The lowest BCUT2D eigenvalue weighted by Crippen LogP contribution is -2.02. The van der Waals surface area contributed by atoms with E-state index in [0.717, 1.165) is 0 Å². The predicted molar refractivity (Wildman–Crippen MR) is 70.0 cm³/mol. The maximum atomic E-state index is 11.0. The van der Waals surface area contributed by atoms with E-state index in [1.54, 1.807) is 25.2 Å². The highest BCUT2D eigenvalue weighted by Gasteiger charge is 2.19. The summed E-state index contributed by atoms with van der Waals surface area (Å²) in [6, 6.07) is 5.04. The molecule has 0 aliphatic carbocycles. The normalized spacial score (nSPS) is 9.89. The second kappa shape index (κ2) is 6.85. The molecule has 0 radical (unpaired) electrons. The molecule has 1 N–H and O–H groups in total. The number of benzene rings is 1. The third-order valence-corrected chi connectivity index (χ3v) is 3.29. The van der Waals surface area contributed by atoms with Crippen LogP contribution in [-0.2, 0) is 9.53 Å². The van der Waals surface area contributed by atoms with Gasteiger partial charge in [0, 0.05) is 12.8 Å². The molecule has 0 saturated heterocycles. The Kier molecular flexibility index (Phi) is 5.44. The molecular weight excluding hydrogens is 256 g/mol. The summed E-state index contributed by atoms with van der Waals surface area (Å²) in [4.78, 5) is 22.1. The van der Waals surface area contributed by atoms with Crippen LogP contribution in [0.25, 0.3) is 0 Å². The average Bonchev–Trinajstić information content (AvgIpc) is 2.37. The molecule has 0 aliphatic heterocycles. The van der Waals surface area contributed by atoms with Gasteiger partial charge in [-0.3, -0.25) is 14.9 Å². The fraction of sp³-hybridized carbons (Fsp3) is 0.364. The number of nitro groups is 1. The Balaban J connectivity index is 2.82. The molecule has 0 spiro atoms. The van der Waals surface area contributed by atoms with E-state index in [2.05, 4.69) is 10.1 Å². The molecule has 0 saturated carbocycles. The number of carbonyl (C=O) groups is 1. The maximum Gasteiger partial charge on any atom is 0.306 e. The lowest BCUT2D eigenvalue weighted by Gasteiger charge is -2.06. The fourth-order valence-corrected chi connectivity index (χ4v) is 2.36. The van der Waals surface area contributed by atoms with Gasteiger partial charge in [0.05, 0.1) is 23.3 Å². The van der Waals surface area contributed by atoms with Crippen molar-refractivity contribution in [3.63, 3.8) is 0 Å². The molecule has 7 heteroatoms. The van der Waals surface area contributed by atoms with Gasteiger partial charge in [-0.15, -0.1) is 11.8 Å². The van der Waals surface area contributed by atoms with Gasteiger partial charge in [0.1, 0.15) is 5.69 Å². The van der Waals surface area contributed by atoms with Gasteiger partial charge in [0.2, 0.25) is 0 Å². The Hall–Kier alpha value is -1.76. The van der Waals surface area contributed by atoms with E-state index >= 15 is 0 Å². The van der Waals surface area contributed by atoms with Crippen molar-refractivity contribution in [3.05, 3.63) is 28.3 Å². The molecule has 0 heterocycles. The van der Waals surface area contributed by atoms with Crippen molar-refractivity contribution in [3.8, 4) is 0 Å². The second-order valence-electron chi connectivity index (χ2n) is 3.33. The number of thioether (sulfide) groups is 1. The molecule has 0 aromatic heterocycles. The number of nitrogens with one attached hydrogen (secondary N) is 1. The van der Waals surface area contributed by atoms with Crippen LogP contribution < -0.4 is 5.32 Å². The molecule has 6 nitrogen and oxygen atoms in total. The number of rotatable bonds is 6. The van der Waals surface area contributed by atoms with Crippen LogP contribution in [-0.4, -0.2) is 30.8 Å². The van der Waals surface area contributed by atoms with Gasteiger partial charge < -0.3 is 10.1 Å². The molecule has 0 bridgehead atoms.